The van der Waals surface area contributed by atoms with Crippen LogP contribution < -0.4 is 0 Å². The monoisotopic (exact) mass is 217 g/mol. The third-order valence-electron chi connectivity index (χ3n) is 3.08. The predicted molar refractivity (Wildman–Crippen MR) is 64.0 cm³/mol. The maximum Gasteiger partial charge on any atom is 0.0558 e. The molecule has 0 heterocycles. The molecule has 84 valence electrons. The highest BCUT2D eigenvalue weighted by Crippen LogP contribution is 2.23. The Labute approximate surface area is 93.1 Å². The zero-order valence-electron chi connectivity index (χ0n) is 8.99. The number of aliphatic hydroxyl groups excluding tert-OH is 1. The lowest BCUT2D eigenvalue weighted by atomic mass is 10.2. The lowest BCUT2D eigenvalue weighted by Crippen LogP contribution is -2.36. The average molecular weight is 217 g/mol. The van der Waals surface area contributed by atoms with Gasteiger partial charge in [-0.25, -0.2) is 0 Å². The molecule has 3 heteroatoms. The van der Waals surface area contributed by atoms with Gasteiger partial charge in [-0.05, 0) is 38.0 Å². The molecule has 1 aliphatic carbocycles. The molecule has 0 atom stereocenters. The van der Waals surface area contributed by atoms with E-state index in [0.29, 0.717) is 6.61 Å². The van der Waals surface area contributed by atoms with Crippen molar-refractivity contribution in [3.63, 3.8) is 0 Å². The molecule has 0 amide bonds. The number of aliphatic hydroxyl groups is 1. The average Bonchev–Trinajstić information content (AvgIpc) is 2.70. The van der Waals surface area contributed by atoms with E-state index in [1.54, 1.807) is 0 Å². The first-order valence-corrected chi connectivity index (χ1v) is 6.47. The molecule has 0 unspecified atom stereocenters. The molecule has 2 nitrogen and oxygen atoms in total. The number of nitrogens with zero attached hydrogens (tertiary/aromatic N) is 1. The van der Waals surface area contributed by atoms with E-state index in [1.165, 1.54) is 38.5 Å². The van der Waals surface area contributed by atoms with E-state index in [0.717, 1.165) is 24.9 Å². The van der Waals surface area contributed by atoms with Crippen LogP contribution in [0.15, 0.2) is 0 Å². The van der Waals surface area contributed by atoms with Gasteiger partial charge in [0.15, 0.2) is 0 Å². The van der Waals surface area contributed by atoms with E-state index in [2.05, 4.69) is 17.5 Å². The van der Waals surface area contributed by atoms with E-state index in [4.69, 9.17) is 5.11 Å². The van der Waals surface area contributed by atoms with Crippen LogP contribution in [0.4, 0.5) is 0 Å². The molecular weight excluding hydrogens is 194 g/mol. The molecule has 0 aromatic carbocycles. The van der Waals surface area contributed by atoms with E-state index in [9.17, 15) is 0 Å². The van der Waals surface area contributed by atoms with Crippen molar-refractivity contribution >= 4 is 12.6 Å². The van der Waals surface area contributed by atoms with Gasteiger partial charge < -0.3 is 5.11 Å². The molecule has 1 rings (SSSR count). The molecule has 14 heavy (non-hydrogen) atoms. The number of unbranched alkanes of at least 4 members (excludes halogenated alkanes) is 1. The first-order chi connectivity index (χ1) is 6.88. The minimum atomic E-state index is 0.303. The fourth-order valence-corrected chi connectivity index (χ4v) is 2.53. The molecule has 0 aromatic heterocycles. The lowest BCUT2D eigenvalue weighted by Gasteiger charge is -2.27. The van der Waals surface area contributed by atoms with Crippen LogP contribution in [0, 0.1) is 0 Å². The Bertz CT molecular complexity index is 137. The molecule has 1 N–H and O–H groups in total. The summed E-state index contributed by atoms with van der Waals surface area (Å²) < 4.78 is 0. The highest BCUT2D eigenvalue weighted by molar-refractivity contribution is 7.80. The Hall–Kier alpha value is 0.270. The smallest absolute Gasteiger partial charge is 0.0558 e. The molecule has 1 saturated carbocycles. The van der Waals surface area contributed by atoms with Crippen molar-refractivity contribution in [1.29, 1.82) is 0 Å². The number of hydrogen-bond donors (Lipinski definition) is 2. The summed E-state index contributed by atoms with van der Waals surface area (Å²) in [5.41, 5.74) is 0. The second-order valence-electron chi connectivity index (χ2n) is 4.13. The van der Waals surface area contributed by atoms with Crippen molar-refractivity contribution in [1.82, 2.24) is 4.90 Å². The number of thiol groups is 1. The summed E-state index contributed by atoms with van der Waals surface area (Å²) in [5, 5.41) is 9.00. The quantitative estimate of drug-likeness (QED) is 0.503. The maximum absolute atomic E-state index is 9.00. The van der Waals surface area contributed by atoms with Gasteiger partial charge in [-0.3, -0.25) is 4.90 Å². The minimum absolute atomic E-state index is 0.303. The fourth-order valence-electron chi connectivity index (χ4n) is 2.30. The second-order valence-corrected chi connectivity index (χ2v) is 4.58. The summed E-state index contributed by atoms with van der Waals surface area (Å²) >= 11 is 4.22. The van der Waals surface area contributed by atoms with Crippen molar-refractivity contribution in [2.24, 2.45) is 0 Å². The number of rotatable bonds is 7. The van der Waals surface area contributed by atoms with Crippen LogP contribution in [-0.2, 0) is 0 Å². The zero-order valence-corrected chi connectivity index (χ0v) is 9.88. The zero-order chi connectivity index (χ0) is 10.2. The van der Waals surface area contributed by atoms with Gasteiger partial charge in [-0.2, -0.15) is 12.6 Å². The number of hydrogen-bond acceptors (Lipinski definition) is 3. The van der Waals surface area contributed by atoms with Crippen molar-refractivity contribution in [3.8, 4) is 0 Å². The van der Waals surface area contributed by atoms with Crippen molar-refractivity contribution in [2.75, 3.05) is 25.4 Å². The molecule has 0 radical (unpaired) electrons. The summed E-state index contributed by atoms with van der Waals surface area (Å²) in [5.74, 6) is 0.984. The van der Waals surface area contributed by atoms with Crippen LogP contribution in [0.2, 0.25) is 0 Å². The topological polar surface area (TPSA) is 23.5 Å². The molecule has 0 aliphatic heterocycles. The fraction of sp³-hybridized carbons (Fsp3) is 1.00. The van der Waals surface area contributed by atoms with Crippen LogP contribution in [0.1, 0.15) is 38.5 Å². The molecule has 1 fully saturated rings. The summed E-state index contributed by atoms with van der Waals surface area (Å²) in [4.78, 5) is 2.47. The largest absolute Gasteiger partial charge is 0.395 e. The van der Waals surface area contributed by atoms with Gasteiger partial charge in [0.05, 0.1) is 6.61 Å². The Morgan fingerprint density at radius 3 is 2.43 bits per heavy atom. The Morgan fingerprint density at radius 2 is 1.86 bits per heavy atom. The van der Waals surface area contributed by atoms with Crippen LogP contribution >= 0.6 is 12.6 Å². The Morgan fingerprint density at radius 1 is 1.14 bits per heavy atom. The standard InChI is InChI=1S/C11H23NOS/c13-9-8-12(7-3-4-10-14)11-5-1-2-6-11/h11,13-14H,1-10H2. The van der Waals surface area contributed by atoms with Crippen LogP contribution in [-0.4, -0.2) is 41.5 Å². The lowest BCUT2D eigenvalue weighted by molar-refractivity contribution is 0.150. The van der Waals surface area contributed by atoms with E-state index in [-0.39, 0.29) is 0 Å². The molecule has 0 spiro atoms. The van der Waals surface area contributed by atoms with Gasteiger partial charge in [0.25, 0.3) is 0 Å². The van der Waals surface area contributed by atoms with E-state index >= 15 is 0 Å². The molecule has 0 saturated heterocycles. The van der Waals surface area contributed by atoms with E-state index in [1.807, 2.05) is 0 Å². The minimum Gasteiger partial charge on any atom is -0.395 e. The normalized spacial score (nSPS) is 18.2. The highest BCUT2D eigenvalue weighted by Gasteiger charge is 2.21. The Balaban J connectivity index is 2.22. The van der Waals surface area contributed by atoms with Crippen molar-refractivity contribution < 1.29 is 5.11 Å². The first-order valence-electron chi connectivity index (χ1n) is 5.84. The summed E-state index contributed by atoms with van der Waals surface area (Å²) in [6.45, 7) is 2.31. The summed E-state index contributed by atoms with van der Waals surface area (Å²) in [6.07, 6.45) is 7.83. The summed E-state index contributed by atoms with van der Waals surface area (Å²) in [6, 6.07) is 0.752. The van der Waals surface area contributed by atoms with Crippen LogP contribution in [0.5, 0.6) is 0 Å². The van der Waals surface area contributed by atoms with Gasteiger partial charge in [0.1, 0.15) is 0 Å². The molecule has 0 bridgehead atoms. The Kier molecular flexibility index (Phi) is 6.65. The van der Waals surface area contributed by atoms with Gasteiger partial charge in [0.2, 0.25) is 0 Å². The molecular formula is C11H23NOS. The van der Waals surface area contributed by atoms with Crippen LogP contribution in [0.25, 0.3) is 0 Å². The predicted octanol–water partition coefficient (Wildman–Crippen LogP) is 1.93. The highest BCUT2D eigenvalue weighted by atomic mass is 32.1. The van der Waals surface area contributed by atoms with Crippen LogP contribution in [0.3, 0.4) is 0 Å². The summed E-state index contributed by atoms with van der Waals surface area (Å²) in [7, 11) is 0. The molecule has 1 aliphatic rings. The third kappa shape index (κ3) is 4.20. The maximum atomic E-state index is 9.00. The first kappa shape index (κ1) is 12.3. The van der Waals surface area contributed by atoms with Gasteiger partial charge in [-0.1, -0.05) is 12.8 Å². The van der Waals surface area contributed by atoms with Gasteiger partial charge in [0, 0.05) is 12.6 Å². The van der Waals surface area contributed by atoms with Gasteiger partial charge in [-0.15, -0.1) is 0 Å². The second kappa shape index (κ2) is 7.55. The van der Waals surface area contributed by atoms with E-state index < -0.39 is 0 Å². The SMILES string of the molecule is OCCN(CCCCS)C1CCCC1. The third-order valence-corrected chi connectivity index (χ3v) is 3.40. The van der Waals surface area contributed by atoms with Gasteiger partial charge >= 0.3 is 0 Å². The molecule has 0 aromatic rings. The van der Waals surface area contributed by atoms with Crippen molar-refractivity contribution in [2.45, 2.75) is 44.6 Å². The van der Waals surface area contributed by atoms with Crippen molar-refractivity contribution in [3.05, 3.63) is 0 Å².